The topological polar surface area (TPSA) is 53.5 Å². The van der Waals surface area contributed by atoms with E-state index in [9.17, 15) is 9.90 Å². The van der Waals surface area contributed by atoms with Crippen molar-refractivity contribution in [3.05, 3.63) is 77.6 Å². The smallest absolute Gasteiger partial charge is 0.237 e. The molecule has 1 heterocycles. The van der Waals surface area contributed by atoms with Crippen LogP contribution in [-0.2, 0) is 19.2 Å². The number of pyridine rings is 1. The molecular formula is C18H17ClN2O2S. The molecule has 0 aliphatic heterocycles. The lowest BCUT2D eigenvalue weighted by atomic mass is 10.0. The van der Waals surface area contributed by atoms with E-state index in [1.165, 1.54) is 0 Å². The molecule has 0 aliphatic carbocycles. The molecule has 0 saturated heterocycles. The summed E-state index contributed by atoms with van der Waals surface area (Å²) in [6, 6.07) is 9.51. The first-order valence-corrected chi connectivity index (χ1v) is 8.08. The van der Waals surface area contributed by atoms with Crippen molar-refractivity contribution in [2.45, 2.75) is 12.6 Å². The molecule has 0 aliphatic rings. The fourth-order valence-corrected chi connectivity index (χ4v) is 2.75. The molecule has 1 unspecified atom stereocenters. The first kappa shape index (κ1) is 18.3. The van der Waals surface area contributed by atoms with Gasteiger partial charge in [0.25, 0.3) is 0 Å². The Kier molecular flexibility index (Phi) is 6.61. The zero-order valence-corrected chi connectivity index (χ0v) is 14.5. The number of carbonyl (C=O) groups excluding carboxylic acids is 1. The van der Waals surface area contributed by atoms with E-state index in [0.29, 0.717) is 22.7 Å². The molecule has 0 amide bonds. The first-order valence-electron chi connectivity index (χ1n) is 7.30. The summed E-state index contributed by atoms with van der Waals surface area (Å²) < 4.78 is 1.64. The Labute approximate surface area is 151 Å². The summed E-state index contributed by atoms with van der Waals surface area (Å²) in [6.07, 6.45) is 5.00. The van der Waals surface area contributed by atoms with Gasteiger partial charge in [-0.25, -0.2) is 0 Å². The van der Waals surface area contributed by atoms with Crippen LogP contribution in [0.5, 0.6) is 0 Å². The van der Waals surface area contributed by atoms with Gasteiger partial charge < -0.3 is 22.7 Å². The minimum absolute atomic E-state index is 0.135. The molecule has 0 radical (unpaired) electrons. The number of ketones is 1. The van der Waals surface area contributed by atoms with Gasteiger partial charge in [-0.3, -0.25) is 4.79 Å². The summed E-state index contributed by atoms with van der Waals surface area (Å²) >= 11 is 11.5. The number of aliphatic hydroxyl groups excluding tert-OH is 1. The molecule has 4 nitrogen and oxygen atoms in total. The van der Waals surface area contributed by atoms with Gasteiger partial charge >= 0.3 is 0 Å². The molecule has 1 aromatic carbocycles. The van der Waals surface area contributed by atoms with Gasteiger partial charge in [0.05, 0.1) is 18.2 Å². The fraction of sp³-hybridized carbons (Fsp3) is 0.167. The van der Waals surface area contributed by atoms with E-state index < -0.39 is 6.04 Å². The number of hydrogen-bond donors (Lipinski definition) is 1. The lowest BCUT2D eigenvalue weighted by Crippen LogP contribution is -2.48. The maximum atomic E-state index is 13.0. The number of Topliss-reactive ketones (excluding diaryl/α,β-unsaturated/α-hetero) is 1. The number of aliphatic imine (C=N–C) groups is 1. The number of benzene rings is 1. The van der Waals surface area contributed by atoms with Gasteiger partial charge in [0.15, 0.2) is 12.4 Å². The third kappa shape index (κ3) is 4.26. The van der Waals surface area contributed by atoms with Crippen LogP contribution in [0.1, 0.15) is 22.0 Å². The molecule has 0 spiro atoms. The highest BCUT2D eigenvalue weighted by Crippen LogP contribution is 2.20. The van der Waals surface area contributed by atoms with Gasteiger partial charge in [0, 0.05) is 17.2 Å². The molecule has 0 saturated carbocycles. The molecule has 2 aromatic rings. The van der Waals surface area contributed by atoms with Gasteiger partial charge in [0.1, 0.15) is 0 Å². The molecular weight excluding hydrogens is 344 g/mol. The summed E-state index contributed by atoms with van der Waals surface area (Å²) in [6.45, 7) is 3.80. The van der Waals surface area contributed by atoms with Gasteiger partial charge in [-0.15, -0.1) is 6.58 Å². The highest BCUT2D eigenvalue weighted by molar-refractivity contribution is 7.77. The lowest BCUT2D eigenvalue weighted by molar-refractivity contribution is -0.692. The van der Waals surface area contributed by atoms with Gasteiger partial charge in [-0.1, -0.05) is 29.8 Å². The molecule has 124 valence electrons. The zero-order chi connectivity index (χ0) is 17.5. The second-order valence-electron chi connectivity index (χ2n) is 5.03. The molecule has 1 N–H and O–H groups in total. The van der Waals surface area contributed by atoms with Crippen molar-refractivity contribution in [1.82, 2.24) is 0 Å². The maximum Gasteiger partial charge on any atom is 0.237 e. The predicted molar refractivity (Wildman–Crippen MR) is 97.2 cm³/mol. The summed E-state index contributed by atoms with van der Waals surface area (Å²) in [5.41, 5.74) is 1.04. The van der Waals surface area contributed by atoms with Crippen molar-refractivity contribution in [2.24, 2.45) is 4.99 Å². The van der Waals surface area contributed by atoms with Crippen LogP contribution in [0, 0.1) is 0 Å². The van der Waals surface area contributed by atoms with Gasteiger partial charge in [-0.05, 0) is 23.2 Å². The van der Waals surface area contributed by atoms with Crippen molar-refractivity contribution < 1.29 is 14.5 Å². The third-order valence-corrected chi connectivity index (χ3v) is 4.04. The van der Waals surface area contributed by atoms with Crippen LogP contribution in [0.4, 0.5) is 0 Å². The normalized spacial score (nSPS) is 12.7. The van der Waals surface area contributed by atoms with E-state index in [1.54, 1.807) is 59.4 Å². The van der Waals surface area contributed by atoms with Crippen LogP contribution in [0.25, 0.3) is 0 Å². The number of rotatable bonds is 7. The minimum atomic E-state index is -0.814. The highest BCUT2D eigenvalue weighted by atomic mass is 35.5. The lowest BCUT2D eigenvalue weighted by Gasteiger charge is -2.19. The largest absolute Gasteiger partial charge is 0.758 e. The average Bonchev–Trinajstić information content (AvgIpc) is 2.60. The predicted octanol–water partition coefficient (Wildman–Crippen LogP) is 2.68. The number of halogens is 1. The van der Waals surface area contributed by atoms with Crippen LogP contribution < -0.4 is 4.57 Å². The number of hydrogen-bond acceptors (Lipinski definition) is 4. The van der Waals surface area contributed by atoms with Crippen LogP contribution in [0.2, 0.25) is 5.02 Å². The molecule has 0 fully saturated rings. The molecule has 1 aromatic heterocycles. The van der Waals surface area contributed by atoms with Crippen molar-refractivity contribution in [3.63, 3.8) is 0 Å². The fourth-order valence-electron chi connectivity index (χ4n) is 2.22. The van der Waals surface area contributed by atoms with Crippen LogP contribution >= 0.6 is 11.6 Å². The Morgan fingerprint density at radius 2 is 2.12 bits per heavy atom. The summed E-state index contributed by atoms with van der Waals surface area (Å²) in [7, 11) is 0. The minimum Gasteiger partial charge on any atom is -0.758 e. The Morgan fingerprint density at radius 1 is 1.38 bits per heavy atom. The summed E-state index contributed by atoms with van der Waals surface area (Å²) in [5, 5.41) is 9.93. The van der Waals surface area contributed by atoms with E-state index in [2.05, 4.69) is 11.6 Å². The molecule has 1 atom stereocenters. The van der Waals surface area contributed by atoms with Gasteiger partial charge in [-0.2, -0.15) is 4.57 Å². The second-order valence-corrected chi connectivity index (χ2v) is 5.86. The van der Waals surface area contributed by atoms with Crippen molar-refractivity contribution in [2.75, 3.05) is 6.54 Å². The third-order valence-electron chi connectivity index (χ3n) is 3.36. The number of aliphatic hydroxyl groups is 1. The van der Waals surface area contributed by atoms with E-state index in [4.69, 9.17) is 24.2 Å². The van der Waals surface area contributed by atoms with Crippen molar-refractivity contribution >= 4 is 35.1 Å². The van der Waals surface area contributed by atoms with E-state index in [-0.39, 0.29) is 17.4 Å². The Balaban J connectivity index is 2.52. The maximum absolute atomic E-state index is 13.0. The van der Waals surface area contributed by atoms with Crippen molar-refractivity contribution in [3.8, 4) is 0 Å². The standard InChI is InChI=1S/C18H17ClN2O2S/c1-2-9-20-18(24)16(21-10-5-6-13(11-21)12-22)17(23)14-7-3-4-8-15(14)19/h2-8,10-11,16,22H,1,9,12H2. The Hall–Kier alpha value is -2.08. The summed E-state index contributed by atoms with van der Waals surface area (Å²) in [4.78, 5) is 17.2. The average molecular weight is 361 g/mol. The molecule has 2 rings (SSSR count). The van der Waals surface area contributed by atoms with Crippen LogP contribution in [-0.4, -0.2) is 22.5 Å². The number of carbonyl (C=O) groups is 1. The molecule has 24 heavy (non-hydrogen) atoms. The molecule has 6 heteroatoms. The quantitative estimate of drug-likeness (QED) is 0.206. The van der Waals surface area contributed by atoms with E-state index >= 15 is 0 Å². The van der Waals surface area contributed by atoms with E-state index in [0.717, 1.165) is 0 Å². The monoisotopic (exact) mass is 360 g/mol. The SMILES string of the molecule is C=CCN=C([S-])C(C(=O)c1ccccc1Cl)[n+]1cccc(CO)c1. The second kappa shape index (κ2) is 8.68. The Bertz CT molecular complexity index is 777. The van der Waals surface area contributed by atoms with E-state index in [1.807, 2.05) is 0 Å². The van der Waals surface area contributed by atoms with Crippen LogP contribution in [0.3, 0.4) is 0 Å². The number of aromatic nitrogens is 1. The first-order chi connectivity index (χ1) is 11.6. The zero-order valence-electron chi connectivity index (χ0n) is 12.9. The van der Waals surface area contributed by atoms with Crippen molar-refractivity contribution in [1.29, 1.82) is 0 Å². The van der Waals surface area contributed by atoms with Gasteiger partial charge in [0.2, 0.25) is 11.8 Å². The summed E-state index contributed by atoms with van der Waals surface area (Å²) in [5.74, 6) is -0.251. The highest BCUT2D eigenvalue weighted by Gasteiger charge is 2.29. The Morgan fingerprint density at radius 3 is 2.79 bits per heavy atom. The number of nitrogens with zero attached hydrogens (tertiary/aromatic N) is 2. The van der Waals surface area contributed by atoms with Crippen LogP contribution in [0.15, 0.2) is 66.4 Å². The molecule has 0 bridgehead atoms.